The molecule has 1 saturated carbocycles. The lowest BCUT2D eigenvalue weighted by Gasteiger charge is -2.34. The van der Waals surface area contributed by atoms with E-state index in [1.807, 2.05) is 18.2 Å². The van der Waals surface area contributed by atoms with Crippen molar-refractivity contribution in [2.75, 3.05) is 11.9 Å². The van der Waals surface area contributed by atoms with Crippen molar-refractivity contribution in [2.45, 2.75) is 57.1 Å². The summed E-state index contributed by atoms with van der Waals surface area (Å²) < 4.78 is 5.93. The Morgan fingerprint density at radius 3 is 2.96 bits per heavy atom. The Labute approximate surface area is 148 Å². The first-order valence-electron chi connectivity index (χ1n) is 9.58. The van der Waals surface area contributed by atoms with Gasteiger partial charge < -0.3 is 10.1 Å². The second kappa shape index (κ2) is 6.37. The van der Waals surface area contributed by atoms with E-state index in [0.29, 0.717) is 18.1 Å². The molecular weight excluding hydrogens is 312 g/mol. The molecule has 2 fully saturated rings. The fourth-order valence-electron chi connectivity index (χ4n) is 4.69. The van der Waals surface area contributed by atoms with Crippen molar-refractivity contribution in [3.8, 4) is 11.5 Å². The summed E-state index contributed by atoms with van der Waals surface area (Å²) in [5.74, 6) is 2.42. The van der Waals surface area contributed by atoms with Crippen LogP contribution in [-0.4, -0.2) is 33.7 Å². The van der Waals surface area contributed by atoms with Crippen LogP contribution in [0.4, 0.5) is 5.82 Å². The van der Waals surface area contributed by atoms with Gasteiger partial charge in [-0.05, 0) is 57.1 Å². The topological polar surface area (TPSA) is 59.9 Å². The van der Waals surface area contributed by atoms with Crippen molar-refractivity contribution in [3.05, 3.63) is 35.7 Å². The molecule has 0 amide bonds. The van der Waals surface area contributed by atoms with Crippen LogP contribution in [0.1, 0.15) is 43.4 Å². The lowest BCUT2D eigenvalue weighted by atomic mass is 9.82. The zero-order valence-electron chi connectivity index (χ0n) is 14.4. The smallest absolute Gasteiger partial charge is 0.180 e. The number of hydrogen-bond acceptors (Lipinski definition) is 5. The van der Waals surface area contributed by atoms with Gasteiger partial charge in [0.2, 0.25) is 0 Å². The largest absolute Gasteiger partial charge is 0.378 e. The number of aryl methyl sites for hydroxylation is 1. The maximum Gasteiger partial charge on any atom is 0.180 e. The maximum atomic E-state index is 5.93. The lowest BCUT2D eigenvalue weighted by Crippen LogP contribution is -2.38. The highest BCUT2D eigenvalue weighted by molar-refractivity contribution is 5.58. The highest BCUT2D eigenvalue weighted by atomic mass is 16.5. The van der Waals surface area contributed by atoms with E-state index in [1.165, 1.54) is 43.4 Å². The number of aromatic nitrogens is 3. The molecule has 5 nitrogen and oxygen atoms in total. The molecule has 3 aliphatic rings. The molecule has 0 bridgehead atoms. The van der Waals surface area contributed by atoms with Gasteiger partial charge in [0.1, 0.15) is 11.5 Å². The fourth-order valence-corrected chi connectivity index (χ4v) is 4.69. The highest BCUT2D eigenvalue weighted by Gasteiger charge is 2.38. The van der Waals surface area contributed by atoms with E-state index in [-0.39, 0.29) is 0 Å². The average Bonchev–Trinajstić information content (AvgIpc) is 3.32. The van der Waals surface area contributed by atoms with Crippen LogP contribution in [0.3, 0.4) is 0 Å². The molecule has 1 aliphatic heterocycles. The normalized spacial score (nSPS) is 27.8. The summed E-state index contributed by atoms with van der Waals surface area (Å²) in [7, 11) is 0. The molecule has 2 aromatic heterocycles. The van der Waals surface area contributed by atoms with E-state index in [1.54, 1.807) is 6.20 Å². The predicted octanol–water partition coefficient (Wildman–Crippen LogP) is 3.40. The molecule has 3 unspecified atom stereocenters. The second-order valence-corrected chi connectivity index (χ2v) is 7.43. The molecule has 1 N–H and O–H groups in total. The third-order valence-corrected chi connectivity index (χ3v) is 5.93. The Balaban J connectivity index is 1.49. The minimum absolute atomic E-state index is 0.441. The maximum absolute atomic E-state index is 5.93. The molecule has 25 heavy (non-hydrogen) atoms. The predicted molar refractivity (Wildman–Crippen MR) is 96.4 cm³/mol. The van der Waals surface area contributed by atoms with E-state index in [0.717, 1.165) is 36.8 Å². The number of anilines is 1. The molecule has 2 aliphatic carbocycles. The number of fused-ring (bicyclic) bond motifs is 2. The number of hydrogen-bond donors (Lipinski definition) is 1. The van der Waals surface area contributed by atoms with E-state index < -0.39 is 0 Å². The third kappa shape index (κ3) is 2.80. The van der Waals surface area contributed by atoms with E-state index >= 15 is 0 Å². The van der Waals surface area contributed by atoms with Crippen molar-refractivity contribution in [1.82, 2.24) is 15.0 Å². The van der Waals surface area contributed by atoms with Crippen molar-refractivity contribution >= 4 is 5.82 Å². The summed E-state index contributed by atoms with van der Waals surface area (Å²) in [6, 6.07) is 6.38. The van der Waals surface area contributed by atoms with Crippen LogP contribution in [0, 0.1) is 5.92 Å². The van der Waals surface area contributed by atoms with E-state index in [9.17, 15) is 0 Å². The summed E-state index contributed by atoms with van der Waals surface area (Å²) in [6.45, 7) is 0.911. The average molecular weight is 336 g/mol. The van der Waals surface area contributed by atoms with Crippen LogP contribution in [0.5, 0.6) is 0 Å². The molecular formula is C20H24N4O. The van der Waals surface area contributed by atoms with Crippen LogP contribution in [0.25, 0.3) is 11.5 Å². The SMILES string of the molecule is c1ccc(-c2nc3c(c(NC4CCCC5OCCC45)n2)CCC3)nc1. The summed E-state index contributed by atoms with van der Waals surface area (Å²) in [5.41, 5.74) is 3.37. The zero-order chi connectivity index (χ0) is 16.6. The first-order valence-corrected chi connectivity index (χ1v) is 9.58. The van der Waals surface area contributed by atoms with E-state index in [4.69, 9.17) is 14.7 Å². The van der Waals surface area contributed by atoms with Crippen LogP contribution in [0.15, 0.2) is 24.4 Å². The summed E-state index contributed by atoms with van der Waals surface area (Å²) >= 11 is 0. The molecule has 5 heteroatoms. The Morgan fingerprint density at radius 2 is 2.04 bits per heavy atom. The number of ether oxygens (including phenoxy) is 1. The van der Waals surface area contributed by atoms with Gasteiger partial charge in [-0.15, -0.1) is 0 Å². The number of pyridine rings is 1. The minimum Gasteiger partial charge on any atom is -0.378 e. The van der Waals surface area contributed by atoms with E-state index in [2.05, 4.69) is 10.3 Å². The van der Waals surface area contributed by atoms with Crippen LogP contribution >= 0.6 is 0 Å². The quantitative estimate of drug-likeness (QED) is 0.931. The highest BCUT2D eigenvalue weighted by Crippen LogP contribution is 2.37. The van der Waals surface area contributed by atoms with Crippen molar-refractivity contribution in [3.63, 3.8) is 0 Å². The number of nitrogens with zero attached hydrogens (tertiary/aromatic N) is 3. The van der Waals surface area contributed by atoms with Gasteiger partial charge in [0.15, 0.2) is 5.82 Å². The summed E-state index contributed by atoms with van der Waals surface area (Å²) in [5, 5.41) is 3.80. The number of nitrogens with one attached hydrogen (secondary N) is 1. The zero-order valence-corrected chi connectivity index (χ0v) is 14.4. The molecule has 130 valence electrons. The first-order chi connectivity index (χ1) is 12.4. The Morgan fingerprint density at radius 1 is 1.04 bits per heavy atom. The molecule has 5 rings (SSSR count). The standard InChI is InChI=1S/C20H24N4O/c1-2-11-21-17(6-1)20-23-16-7-3-5-14(16)19(24-20)22-15-8-4-9-18-13(15)10-12-25-18/h1-2,6,11,13,15,18H,3-5,7-10,12H2,(H,22,23,24). The van der Waals surface area contributed by atoms with Gasteiger partial charge in [0, 0.05) is 36.0 Å². The summed E-state index contributed by atoms with van der Waals surface area (Å²) in [4.78, 5) is 14.1. The van der Waals surface area contributed by atoms with Crippen LogP contribution < -0.4 is 5.32 Å². The second-order valence-electron chi connectivity index (χ2n) is 7.43. The van der Waals surface area contributed by atoms with Gasteiger partial charge in [-0.3, -0.25) is 4.98 Å². The number of rotatable bonds is 3. The minimum atomic E-state index is 0.441. The molecule has 0 aromatic carbocycles. The van der Waals surface area contributed by atoms with Gasteiger partial charge in [0.05, 0.1) is 6.10 Å². The third-order valence-electron chi connectivity index (χ3n) is 5.93. The summed E-state index contributed by atoms with van der Waals surface area (Å²) in [6.07, 6.45) is 10.4. The fraction of sp³-hybridized carbons (Fsp3) is 0.550. The Hall–Kier alpha value is -2.01. The monoisotopic (exact) mass is 336 g/mol. The lowest BCUT2D eigenvalue weighted by molar-refractivity contribution is 0.0619. The van der Waals surface area contributed by atoms with Gasteiger partial charge in [-0.1, -0.05) is 6.07 Å². The molecule has 2 aromatic rings. The van der Waals surface area contributed by atoms with Gasteiger partial charge >= 0.3 is 0 Å². The molecule has 3 atom stereocenters. The van der Waals surface area contributed by atoms with Gasteiger partial charge in [-0.25, -0.2) is 9.97 Å². The Kier molecular flexibility index (Phi) is 3.89. The molecule has 1 saturated heterocycles. The Bertz CT molecular complexity index is 764. The van der Waals surface area contributed by atoms with Gasteiger partial charge in [-0.2, -0.15) is 0 Å². The first kappa shape index (κ1) is 15.3. The van der Waals surface area contributed by atoms with Crippen molar-refractivity contribution < 1.29 is 4.74 Å². The molecule has 0 radical (unpaired) electrons. The van der Waals surface area contributed by atoms with Crippen LogP contribution in [0.2, 0.25) is 0 Å². The van der Waals surface area contributed by atoms with Crippen LogP contribution in [-0.2, 0) is 17.6 Å². The van der Waals surface area contributed by atoms with Crippen molar-refractivity contribution in [2.24, 2.45) is 5.92 Å². The van der Waals surface area contributed by atoms with Crippen molar-refractivity contribution in [1.29, 1.82) is 0 Å². The molecule has 0 spiro atoms. The molecule has 3 heterocycles. The van der Waals surface area contributed by atoms with Gasteiger partial charge in [0.25, 0.3) is 0 Å².